The van der Waals surface area contributed by atoms with E-state index in [1.54, 1.807) is 6.07 Å². The first kappa shape index (κ1) is 16.1. The molecule has 5 heteroatoms. The summed E-state index contributed by atoms with van der Waals surface area (Å²) in [6.07, 6.45) is 3.11. The zero-order valence-electron chi connectivity index (χ0n) is 12.6. The Bertz CT molecular complexity index is 477. The van der Waals surface area contributed by atoms with Gasteiger partial charge in [-0.1, -0.05) is 17.7 Å². The average molecular weight is 311 g/mol. The predicted octanol–water partition coefficient (Wildman–Crippen LogP) is 2.71. The minimum absolute atomic E-state index is 0.100. The third kappa shape index (κ3) is 5.56. The van der Waals surface area contributed by atoms with Crippen LogP contribution in [0.2, 0.25) is 5.02 Å². The van der Waals surface area contributed by atoms with Crippen molar-refractivity contribution in [3.63, 3.8) is 0 Å². The van der Waals surface area contributed by atoms with E-state index in [2.05, 4.69) is 10.2 Å². The Balaban J connectivity index is 1.64. The van der Waals surface area contributed by atoms with Crippen LogP contribution in [0.5, 0.6) is 5.75 Å². The summed E-state index contributed by atoms with van der Waals surface area (Å²) < 4.78 is 5.64. The maximum Gasteiger partial charge on any atom is 0.237 e. The number of nitrogens with zero attached hydrogens (tertiary/aromatic N) is 1. The van der Waals surface area contributed by atoms with Crippen molar-refractivity contribution in [1.82, 2.24) is 10.2 Å². The fraction of sp³-hybridized carbons (Fsp3) is 0.562. The highest BCUT2D eigenvalue weighted by Crippen LogP contribution is 2.19. The minimum atomic E-state index is -0.100. The van der Waals surface area contributed by atoms with Gasteiger partial charge in [-0.05, 0) is 51.4 Å². The molecule has 1 atom stereocenters. The van der Waals surface area contributed by atoms with Crippen molar-refractivity contribution in [2.75, 3.05) is 20.2 Å². The number of likely N-dealkylation sites (N-methyl/N-ethyl adjacent to an activating group) is 1. The van der Waals surface area contributed by atoms with Gasteiger partial charge in [-0.3, -0.25) is 9.69 Å². The number of amides is 1. The summed E-state index contributed by atoms with van der Waals surface area (Å²) in [5, 5.41) is 3.71. The molecular weight excluding hydrogens is 288 g/mol. The highest BCUT2D eigenvalue weighted by atomic mass is 35.5. The molecular formula is C16H23ClN2O2. The van der Waals surface area contributed by atoms with E-state index in [4.69, 9.17) is 16.3 Å². The first-order valence-electron chi connectivity index (χ1n) is 7.45. The van der Waals surface area contributed by atoms with Crippen molar-refractivity contribution in [3.8, 4) is 5.75 Å². The molecule has 116 valence electrons. The standard InChI is InChI=1S/C16H23ClN2O2/c1-12(16(20)18-14-7-8-14)19(2)9-4-10-21-15-6-3-5-13(17)11-15/h3,5-6,11-12,14H,4,7-10H2,1-2H3,(H,18,20). The van der Waals surface area contributed by atoms with E-state index in [0.717, 1.165) is 31.6 Å². The van der Waals surface area contributed by atoms with Crippen LogP contribution in [-0.2, 0) is 4.79 Å². The van der Waals surface area contributed by atoms with Gasteiger partial charge in [0.1, 0.15) is 5.75 Å². The van der Waals surface area contributed by atoms with Crippen LogP contribution in [0.15, 0.2) is 24.3 Å². The molecule has 1 aliphatic carbocycles. The number of rotatable bonds is 8. The zero-order chi connectivity index (χ0) is 15.2. The van der Waals surface area contributed by atoms with Crippen LogP contribution >= 0.6 is 11.6 Å². The third-order valence-corrected chi connectivity index (χ3v) is 3.92. The predicted molar refractivity (Wildman–Crippen MR) is 84.8 cm³/mol. The van der Waals surface area contributed by atoms with Crippen LogP contribution in [0.3, 0.4) is 0 Å². The lowest BCUT2D eigenvalue weighted by Gasteiger charge is -2.23. The molecule has 4 nitrogen and oxygen atoms in total. The van der Waals surface area contributed by atoms with Gasteiger partial charge in [0, 0.05) is 17.6 Å². The normalized spacial score (nSPS) is 15.8. The van der Waals surface area contributed by atoms with Crippen LogP contribution in [-0.4, -0.2) is 43.1 Å². The molecule has 0 aliphatic heterocycles. The number of hydrogen-bond donors (Lipinski definition) is 1. The smallest absolute Gasteiger partial charge is 0.237 e. The molecule has 2 rings (SSSR count). The molecule has 0 spiro atoms. The van der Waals surface area contributed by atoms with Crippen LogP contribution in [0, 0.1) is 0 Å². The third-order valence-electron chi connectivity index (χ3n) is 3.68. The SMILES string of the molecule is CC(C(=O)NC1CC1)N(C)CCCOc1cccc(Cl)c1. The Labute approximate surface area is 131 Å². The van der Waals surface area contributed by atoms with Crippen molar-refractivity contribution >= 4 is 17.5 Å². The molecule has 21 heavy (non-hydrogen) atoms. The number of carbonyl (C=O) groups is 1. The summed E-state index contributed by atoms with van der Waals surface area (Å²) in [5.74, 6) is 0.903. The highest BCUT2D eigenvalue weighted by Gasteiger charge is 2.26. The number of hydrogen-bond acceptors (Lipinski definition) is 3. The number of carbonyl (C=O) groups excluding carboxylic acids is 1. The molecule has 0 aromatic heterocycles. The quantitative estimate of drug-likeness (QED) is 0.751. The molecule has 1 N–H and O–H groups in total. The number of nitrogens with one attached hydrogen (secondary N) is 1. The lowest BCUT2D eigenvalue weighted by molar-refractivity contribution is -0.125. The van der Waals surface area contributed by atoms with Gasteiger partial charge in [-0.2, -0.15) is 0 Å². The summed E-state index contributed by atoms with van der Waals surface area (Å²) in [6, 6.07) is 7.70. The van der Waals surface area contributed by atoms with Gasteiger partial charge >= 0.3 is 0 Å². The molecule has 1 fully saturated rings. The topological polar surface area (TPSA) is 41.6 Å². The fourth-order valence-electron chi connectivity index (χ4n) is 2.00. The lowest BCUT2D eigenvalue weighted by Crippen LogP contribution is -2.44. The molecule has 1 aromatic rings. The second-order valence-corrected chi connectivity index (χ2v) is 6.04. The van der Waals surface area contributed by atoms with Crippen molar-refractivity contribution in [1.29, 1.82) is 0 Å². The monoisotopic (exact) mass is 310 g/mol. The maximum absolute atomic E-state index is 11.9. The van der Waals surface area contributed by atoms with E-state index in [1.165, 1.54) is 0 Å². The summed E-state index contributed by atoms with van der Waals surface area (Å²) in [7, 11) is 1.97. The zero-order valence-corrected chi connectivity index (χ0v) is 13.4. The van der Waals surface area contributed by atoms with Crippen molar-refractivity contribution in [2.45, 2.75) is 38.3 Å². The van der Waals surface area contributed by atoms with Gasteiger partial charge in [-0.25, -0.2) is 0 Å². The van der Waals surface area contributed by atoms with Crippen LogP contribution in [0.25, 0.3) is 0 Å². The molecule has 0 heterocycles. The Kier molecular flexibility index (Phi) is 5.88. The summed E-state index contributed by atoms with van der Waals surface area (Å²) >= 11 is 5.90. The Morgan fingerprint density at radius 1 is 1.52 bits per heavy atom. The van der Waals surface area contributed by atoms with Gasteiger partial charge < -0.3 is 10.1 Å². The van der Waals surface area contributed by atoms with E-state index in [0.29, 0.717) is 17.7 Å². The van der Waals surface area contributed by atoms with Gasteiger partial charge in [0.25, 0.3) is 0 Å². The van der Waals surface area contributed by atoms with Crippen molar-refractivity contribution in [3.05, 3.63) is 29.3 Å². The first-order valence-corrected chi connectivity index (χ1v) is 7.83. The highest BCUT2D eigenvalue weighted by molar-refractivity contribution is 6.30. The lowest BCUT2D eigenvalue weighted by atomic mass is 10.2. The van der Waals surface area contributed by atoms with Gasteiger partial charge in [0.2, 0.25) is 5.91 Å². The summed E-state index contributed by atoms with van der Waals surface area (Å²) in [5.41, 5.74) is 0. The first-order chi connectivity index (χ1) is 10.1. The summed E-state index contributed by atoms with van der Waals surface area (Å²) in [6.45, 7) is 3.37. The number of halogens is 1. The van der Waals surface area contributed by atoms with Crippen molar-refractivity contribution in [2.24, 2.45) is 0 Å². The fourth-order valence-corrected chi connectivity index (χ4v) is 2.18. The van der Waals surface area contributed by atoms with Gasteiger partial charge in [0.05, 0.1) is 12.6 Å². The Morgan fingerprint density at radius 2 is 2.29 bits per heavy atom. The van der Waals surface area contributed by atoms with E-state index in [9.17, 15) is 4.79 Å². The van der Waals surface area contributed by atoms with E-state index >= 15 is 0 Å². The Morgan fingerprint density at radius 3 is 2.95 bits per heavy atom. The molecule has 0 bridgehead atoms. The second-order valence-electron chi connectivity index (χ2n) is 5.60. The van der Waals surface area contributed by atoms with E-state index in [-0.39, 0.29) is 11.9 Å². The molecule has 0 radical (unpaired) electrons. The van der Waals surface area contributed by atoms with Crippen LogP contribution < -0.4 is 10.1 Å². The summed E-state index contributed by atoms with van der Waals surface area (Å²) in [4.78, 5) is 14.0. The number of benzene rings is 1. The molecule has 0 saturated heterocycles. The number of ether oxygens (including phenoxy) is 1. The molecule has 1 unspecified atom stereocenters. The van der Waals surface area contributed by atoms with Gasteiger partial charge in [-0.15, -0.1) is 0 Å². The largest absolute Gasteiger partial charge is 0.493 e. The van der Waals surface area contributed by atoms with Crippen LogP contribution in [0.1, 0.15) is 26.2 Å². The maximum atomic E-state index is 11.9. The molecule has 1 saturated carbocycles. The van der Waals surface area contributed by atoms with Crippen LogP contribution in [0.4, 0.5) is 0 Å². The van der Waals surface area contributed by atoms with Gasteiger partial charge in [0.15, 0.2) is 0 Å². The Hall–Kier alpha value is -1.26. The molecule has 1 aliphatic rings. The average Bonchev–Trinajstić information content (AvgIpc) is 3.26. The van der Waals surface area contributed by atoms with E-state index < -0.39 is 0 Å². The molecule has 1 aromatic carbocycles. The minimum Gasteiger partial charge on any atom is -0.493 e. The van der Waals surface area contributed by atoms with Crippen molar-refractivity contribution < 1.29 is 9.53 Å². The second kappa shape index (κ2) is 7.66. The molecule has 1 amide bonds. The van der Waals surface area contributed by atoms with E-state index in [1.807, 2.05) is 32.2 Å².